The number of pyridine rings is 1. The molecule has 2 heterocycles. The fourth-order valence-corrected chi connectivity index (χ4v) is 4.26. The standard InChI is InChI=1S/C10H7BrN2O4S2/c11-7-1-2-9(18-7)19(16,17)13-8-5-6(10(14)15)3-4-12-8/h1-5H,(H,12,13)(H,14,15). The van der Waals surface area contributed by atoms with Gasteiger partial charge >= 0.3 is 5.97 Å². The monoisotopic (exact) mass is 362 g/mol. The summed E-state index contributed by atoms with van der Waals surface area (Å²) < 4.78 is 27.0. The summed E-state index contributed by atoms with van der Waals surface area (Å²) in [5.41, 5.74) is -0.0416. The molecule has 0 aliphatic carbocycles. The number of sulfonamides is 1. The lowest BCUT2D eigenvalue weighted by molar-refractivity contribution is 0.0697. The smallest absolute Gasteiger partial charge is 0.335 e. The maximum absolute atomic E-state index is 12.0. The van der Waals surface area contributed by atoms with Crippen LogP contribution in [0.4, 0.5) is 5.82 Å². The summed E-state index contributed by atoms with van der Waals surface area (Å²) in [5.74, 6) is -1.19. The van der Waals surface area contributed by atoms with Crippen molar-refractivity contribution < 1.29 is 18.3 Å². The third-order valence-corrected chi connectivity index (χ3v) is 5.53. The Labute approximate surface area is 121 Å². The second-order valence-electron chi connectivity index (χ2n) is 3.40. The van der Waals surface area contributed by atoms with E-state index in [0.717, 1.165) is 17.4 Å². The lowest BCUT2D eigenvalue weighted by atomic mass is 10.3. The second-order valence-corrected chi connectivity index (χ2v) is 7.77. The zero-order valence-electron chi connectivity index (χ0n) is 9.20. The minimum atomic E-state index is -3.75. The van der Waals surface area contributed by atoms with Gasteiger partial charge in [0.25, 0.3) is 10.0 Å². The molecule has 0 saturated heterocycles. The predicted molar refractivity (Wildman–Crippen MR) is 74.0 cm³/mol. The number of carbonyl (C=O) groups is 1. The SMILES string of the molecule is O=C(O)c1ccnc(NS(=O)(=O)c2ccc(Br)s2)c1. The van der Waals surface area contributed by atoms with Crippen LogP contribution >= 0.6 is 27.3 Å². The molecule has 19 heavy (non-hydrogen) atoms. The number of rotatable bonds is 4. The molecule has 9 heteroatoms. The Bertz CT molecular complexity index is 727. The Morgan fingerprint density at radius 2 is 2.11 bits per heavy atom. The molecule has 0 saturated carbocycles. The van der Waals surface area contributed by atoms with Crippen molar-refractivity contribution in [3.8, 4) is 0 Å². The number of carboxylic acids is 1. The molecule has 2 N–H and O–H groups in total. The number of hydrogen-bond donors (Lipinski definition) is 2. The van der Waals surface area contributed by atoms with Crippen LogP contribution in [0.1, 0.15) is 10.4 Å². The summed E-state index contributed by atoms with van der Waals surface area (Å²) >= 11 is 4.22. The highest BCUT2D eigenvalue weighted by Crippen LogP contribution is 2.27. The van der Waals surface area contributed by atoms with E-state index in [4.69, 9.17) is 5.11 Å². The number of hydrogen-bond acceptors (Lipinski definition) is 5. The van der Waals surface area contributed by atoms with Gasteiger partial charge in [-0.3, -0.25) is 4.72 Å². The molecule has 0 bridgehead atoms. The van der Waals surface area contributed by atoms with Crippen LogP contribution in [0.5, 0.6) is 0 Å². The van der Waals surface area contributed by atoms with Crippen LogP contribution in [0.15, 0.2) is 38.5 Å². The van der Waals surface area contributed by atoms with Gasteiger partial charge < -0.3 is 5.11 Å². The van der Waals surface area contributed by atoms with E-state index in [1.165, 1.54) is 18.3 Å². The van der Waals surface area contributed by atoms with Gasteiger partial charge in [0.15, 0.2) is 0 Å². The molecule has 0 atom stereocenters. The fraction of sp³-hybridized carbons (Fsp3) is 0. The van der Waals surface area contributed by atoms with E-state index < -0.39 is 16.0 Å². The topological polar surface area (TPSA) is 96.4 Å². The van der Waals surface area contributed by atoms with E-state index in [-0.39, 0.29) is 15.6 Å². The lowest BCUT2D eigenvalue weighted by Crippen LogP contribution is -2.13. The van der Waals surface area contributed by atoms with Gasteiger partial charge in [-0.25, -0.2) is 18.2 Å². The van der Waals surface area contributed by atoms with Crippen molar-refractivity contribution in [2.75, 3.05) is 4.72 Å². The highest BCUT2D eigenvalue weighted by Gasteiger charge is 2.17. The molecule has 2 rings (SSSR count). The van der Waals surface area contributed by atoms with Crippen molar-refractivity contribution in [1.29, 1.82) is 0 Å². The summed E-state index contributed by atoms with van der Waals surface area (Å²) in [4.78, 5) is 14.6. The number of anilines is 1. The second kappa shape index (κ2) is 5.27. The summed E-state index contributed by atoms with van der Waals surface area (Å²) in [6.45, 7) is 0. The summed E-state index contributed by atoms with van der Waals surface area (Å²) in [6, 6.07) is 5.49. The van der Waals surface area contributed by atoms with E-state index in [2.05, 4.69) is 25.6 Å². The van der Waals surface area contributed by atoms with Crippen molar-refractivity contribution in [2.45, 2.75) is 4.21 Å². The van der Waals surface area contributed by atoms with Crippen LogP contribution in [0.3, 0.4) is 0 Å². The molecule has 0 unspecified atom stereocenters. The average molecular weight is 363 g/mol. The molecule has 2 aromatic rings. The van der Waals surface area contributed by atoms with Gasteiger partial charge in [-0.15, -0.1) is 11.3 Å². The molecule has 0 aromatic carbocycles. The lowest BCUT2D eigenvalue weighted by Gasteiger charge is -2.05. The molecule has 100 valence electrons. The normalized spacial score (nSPS) is 11.2. The number of nitrogens with one attached hydrogen (secondary N) is 1. The molecule has 2 aromatic heterocycles. The first kappa shape index (κ1) is 14.0. The van der Waals surface area contributed by atoms with Crippen molar-refractivity contribution in [3.05, 3.63) is 39.8 Å². The number of aromatic nitrogens is 1. The Morgan fingerprint density at radius 1 is 1.37 bits per heavy atom. The van der Waals surface area contributed by atoms with Gasteiger partial charge in [0.2, 0.25) is 0 Å². The molecular weight excluding hydrogens is 356 g/mol. The molecule has 0 aliphatic heterocycles. The van der Waals surface area contributed by atoms with Crippen LogP contribution < -0.4 is 4.72 Å². The van der Waals surface area contributed by atoms with Crippen molar-refractivity contribution in [2.24, 2.45) is 0 Å². The van der Waals surface area contributed by atoms with E-state index in [1.807, 2.05) is 0 Å². The zero-order valence-corrected chi connectivity index (χ0v) is 12.4. The first-order valence-electron chi connectivity index (χ1n) is 4.86. The fourth-order valence-electron chi connectivity index (χ4n) is 1.25. The number of thiophene rings is 1. The van der Waals surface area contributed by atoms with Gasteiger partial charge in [0.1, 0.15) is 10.0 Å². The van der Waals surface area contributed by atoms with Gasteiger partial charge in [0.05, 0.1) is 9.35 Å². The first-order valence-corrected chi connectivity index (χ1v) is 7.95. The van der Waals surface area contributed by atoms with Crippen molar-refractivity contribution in [3.63, 3.8) is 0 Å². The van der Waals surface area contributed by atoms with Gasteiger partial charge in [-0.1, -0.05) is 0 Å². The Morgan fingerprint density at radius 3 is 2.68 bits per heavy atom. The van der Waals surface area contributed by atoms with E-state index in [1.54, 1.807) is 6.07 Å². The molecule has 6 nitrogen and oxygen atoms in total. The molecule has 0 fully saturated rings. The number of nitrogens with zero attached hydrogens (tertiary/aromatic N) is 1. The van der Waals surface area contributed by atoms with Gasteiger partial charge in [0, 0.05) is 6.20 Å². The summed E-state index contributed by atoms with van der Waals surface area (Å²) in [6.07, 6.45) is 1.23. The van der Waals surface area contributed by atoms with E-state index in [0.29, 0.717) is 3.79 Å². The van der Waals surface area contributed by atoms with Crippen LogP contribution in [0.2, 0.25) is 0 Å². The molecule has 0 spiro atoms. The average Bonchev–Trinajstić information content (AvgIpc) is 2.76. The minimum absolute atomic E-state index is 0.0376. The van der Waals surface area contributed by atoms with Gasteiger partial charge in [-0.05, 0) is 40.2 Å². The quantitative estimate of drug-likeness (QED) is 0.870. The third-order valence-electron chi connectivity index (χ3n) is 2.06. The van der Waals surface area contributed by atoms with Crippen LogP contribution in [0.25, 0.3) is 0 Å². The van der Waals surface area contributed by atoms with Crippen molar-refractivity contribution >= 4 is 49.1 Å². The molecule has 0 aliphatic rings. The first-order chi connectivity index (χ1) is 8.88. The highest BCUT2D eigenvalue weighted by atomic mass is 79.9. The molecular formula is C10H7BrN2O4S2. The number of aromatic carboxylic acids is 1. The van der Waals surface area contributed by atoms with E-state index in [9.17, 15) is 13.2 Å². The van der Waals surface area contributed by atoms with E-state index >= 15 is 0 Å². The third kappa shape index (κ3) is 3.31. The largest absolute Gasteiger partial charge is 0.478 e. The minimum Gasteiger partial charge on any atom is -0.478 e. The van der Waals surface area contributed by atoms with Crippen LogP contribution in [-0.2, 0) is 10.0 Å². The Balaban J connectivity index is 2.30. The summed E-state index contributed by atoms with van der Waals surface area (Å²) in [7, 11) is -3.75. The maximum atomic E-state index is 12.0. The maximum Gasteiger partial charge on any atom is 0.335 e. The highest BCUT2D eigenvalue weighted by molar-refractivity contribution is 9.11. The van der Waals surface area contributed by atoms with Crippen LogP contribution in [-0.4, -0.2) is 24.5 Å². The molecule has 0 radical (unpaired) electrons. The Hall–Kier alpha value is -1.45. The van der Waals surface area contributed by atoms with Crippen LogP contribution in [0, 0.1) is 0 Å². The number of carboxylic acid groups (broad SMARTS) is 1. The number of halogens is 1. The Kier molecular flexibility index (Phi) is 3.88. The zero-order chi connectivity index (χ0) is 14.0. The molecule has 0 amide bonds. The van der Waals surface area contributed by atoms with Gasteiger partial charge in [-0.2, -0.15) is 0 Å². The summed E-state index contributed by atoms with van der Waals surface area (Å²) in [5, 5.41) is 8.82. The van der Waals surface area contributed by atoms with Crippen molar-refractivity contribution in [1.82, 2.24) is 4.98 Å². The predicted octanol–water partition coefficient (Wildman–Crippen LogP) is 2.40.